The lowest BCUT2D eigenvalue weighted by atomic mass is 10.1. The summed E-state index contributed by atoms with van der Waals surface area (Å²) in [4.78, 5) is 23.7. The maximum atomic E-state index is 11.9. The normalized spacial score (nSPS) is 10.9. The van der Waals surface area contributed by atoms with Crippen LogP contribution in [0.1, 0.15) is 18.6 Å². The van der Waals surface area contributed by atoms with Crippen molar-refractivity contribution in [2.45, 2.75) is 13.8 Å². The Morgan fingerprint density at radius 3 is 2.50 bits per heavy atom. The summed E-state index contributed by atoms with van der Waals surface area (Å²) in [6, 6.07) is 10.6. The fraction of sp³-hybridized carbons (Fsp3) is 0.231. The van der Waals surface area contributed by atoms with Gasteiger partial charge >= 0.3 is 0 Å². The Morgan fingerprint density at radius 1 is 1.12 bits per heavy atom. The van der Waals surface area contributed by atoms with E-state index in [2.05, 4.69) is 0 Å². The summed E-state index contributed by atoms with van der Waals surface area (Å²) in [5.74, 6) is -0.356. The number of nitrogens with zero attached hydrogens (tertiary/aromatic N) is 1. The summed E-state index contributed by atoms with van der Waals surface area (Å²) in [6.07, 6.45) is 0. The van der Waals surface area contributed by atoms with Gasteiger partial charge in [0.1, 0.15) is 0 Å². The first-order valence-corrected chi connectivity index (χ1v) is 5.26. The molecular weight excluding hydrogens is 202 g/mol. The zero-order valence-electron chi connectivity index (χ0n) is 9.31. The van der Waals surface area contributed by atoms with Crippen LogP contribution in [0.25, 0.3) is 10.9 Å². The second-order valence-electron chi connectivity index (χ2n) is 4.06. The van der Waals surface area contributed by atoms with Crippen molar-refractivity contribution >= 4 is 16.8 Å². The maximum Gasteiger partial charge on any atom is 0.257 e. The van der Waals surface area contributed by atoms with Gasteiger partial charge in [-0.05, 0) is 17.5 Å². The summed E-state index contributed by atoms with van der Waals surface area (Å²) in [5, 5.41) is 0.899. The third-order valence-corrected chi connectivity index (χ3v) is 2.52. The van der Waals surface area contributed by atoms with E-state index in [1.54, 1.807) is 26.0 Å². The zero-order chi connectivity index (χ0) is 11.7. The lowest BCUT2D eigenvalue weighted by Gasteiger charge is -2.10. The summed E-state index contributed by atoms with van der Waals surface area (Å²) in [7, 11) is 0. The molecule has 82 valence electrons. The van der Waals surface area contributed by atoms with E-state index in [-0.39, 0.29) is 17.4 Å². The third-order valence-electron chi connectivity index (χ3n) is 2.52. The Morgan fingerprint density at radius 2 is 1.81 bits per heavy atom. The van der Waals surface area contributed by atoms with Gasteiger partial charge in [-0.3, -0.25) is 9.59 Å². The largest absolute Gasteiger partial charge is 0.274 e. The maximum absolute atomic E-state index is 11.9. The molecule has 0 aliphatic heterocycles. The number of fused-ring (bicyclic) bond motifs is 1. The molecule has 0 N–H and O–H groups in total. The molecule has 0 saturated heterocycles. The lowest BCUT2D eigenvalue weighted by molar-refractivity contribution is 0.0856. The van der Waals surface area contributed by atoms with Crippen LogP contribution < -0.4 is 5.56 Å². The number of benzene rings is 1. The third kappa shape index (κ3) is 1.65. The average Bonchev–Trinajstić information content (AvgIpc) is 2.28. The van der Waals surface area contributed by atoms with Crippen molar-refractivity contribution in [1.82, 2.24) is 4.57 Å². The molecule has 0 radical (unpaired) electrons. The van der Waals surface area contributed by atoms with E-state index in [1.165, 1.54) is 10.6 Å². The minimum Gasteiger partial charge on any atom is -0.274 e. The number of carbonyl (C=O) groups is 1. The minimum absolute atomic E-state index is 0.165. The van der Waals surface area contributed by atoms with Gasteiger partial charge in [0.2, 0.25) is 5.91 Å². The molecule has 1 aromatic heterocycles. The zero-order valence-corrected chi connectivity index (χ0v) is 9.31. The van der Waals surface area contributed by atoms with Crippen molar-refractivity contribution in [3.63, 3.8) is 0 Å². The summed E-state index contributed by atoms with van der Waals surface area (Å²) in [5.41, 5.74) is 0.408. The number of hydrogen-bond acceptors (Lipinski definition) is 2. The number of aromatic nitrogens is 1. The van der Waals surface area contributed by atoms with E-state index in [4.69, 9.17) is 0 Å². The van der Waals surface area contributed by atoms with Gasteiger partial charge in [0.25, 0.3) is 5.56 Å². The number of carbonyl (C=O) groups excluding carboxylic acids is 1. The highest BCUT2D eigenvalue weighted by Gasteiger charge is 2.13. The highest BCUT2D eigenvalue weighted by Crippen LogP contribution is 2.12. The van der Waals surface area contributed by atoms with E-state index in [0.717, 1.165) is 5.39 Å². The van der Waals surface area contributed by atoms with Crippen LogP contribution >= 0.6 is 0 Å². The van der Waals surface area contributed by atoms with Crippen LogP contribution in [-0.4, -0.2) is 10.5 Å². The van der Waals surface area contributed by atoms with E-state index in [1.807, 2.05) is 18.2 Å². The number of rotatable bonds is 1. The minimum atomic E-state index is -0.266. The topological polar surface area (TPSA) is 39.1 Å². The molecule has 0 spiro atoms. The van der Waals surface area contributed by atoms with Crippen molar-refractivity contribution in [2.24, 2.45) is 5.92 Å². The Balaban J connectivity index is 2.81. The molecule has 0 aliphatic carbocycles. The molecule has 3 heteroatoms. The van der Waals surface area contributed by atoms with Crippen LogP contribution in [-0.2, 0) is 0 Å². The van der Waals surface area contributed by atoms with Crippen LogP contribution in [0.15, 0.2) is 41.2 Å². The van der Waals surface area contributed by atoms with Gasteiger partial charge < -0.3 is 0 Å². The summed E-state index contributed by atoms with van der Waals surface area (Å²) in [6.45, 7) is 3.58. The molecule has 0 unspecified atom stereocenters. The SMILES string of the molecule is CC(C)C(=O)n1c(=O)ccc2ccccc21. The highest BCUT2D eigenvalue weighted by molar-refractivity contribution is 5.91. The van der Waals surface area contributed by atoms with Gasteiger partial charge in [-0.2, -0.15) is 0 Å². The first-order chi connectivity index (χ1) is 7.61. The monoisotopic (exact) mass is 215 g/mol. The van der Waals surface area contributed by atoms with E-state index >= 15 is 0 Å². The Kier molecular flexibility index (Phi) is 2.60. The van der Waals surface area contributed by atoms with Crippen LogP contribution in [0.3, 0.4) is 0 Å². The fourth-order valence-electron chi connectivity index (χ4n) is 1.67. The number of para-hydroxylation sites is 1. The first-order valence-electron chi connectivity index (χ1n) is 5.26. The average molecular weight is 215 g/mol. The molecule has 16 heavy (non-hydrogen) atoms. The Hall–Kier alpha value is -1.90. The Labute approximate surface area is 93.3 Å². The molecule has 0 fully saturated rings. The molecule has 0 bridgehead atoms. The molecule has 0 atom stereocenters. The van der Waals surface area contributed by atoms with Gasteiger partial charge in [-0.15, -0.1) is 0 Å². The van der Waals surface area contributed by atoms with E-state index in [9.17, 15) is 9.59 Å². The van der Waals surface area contributed by atoms with Gasteiger partial charge in [0, 0.05) is 12.0 Å². The second kappa shape index (κ2) is 3.93. The van der Waals surface area contributed by atoms with E-state index < -0.39 is 0 Å². The molecule has 3 nitrogen and oxygen atoms in total. The van der Waals surface area contributed by atoms with Gasteiger partial charge in [0.05, 0.1) is 5.52 Å². The van der Waals surface area contributed by atoms with Crippen molar-refractivity contribution in [1.29, 1.82) is 0 Å². The van der Waals surface area contributed by atoms with Crippen molar-refractivity contribution in [3.8, 4) is 0 Å². The molecule has 0 amide bonds. The standard InChI is InChI=1S/C13H13NO2/c1-9(2)13(16)14-11-6-4-3-5-10(11)7-8-12(14)15/h3-9H,1-2H3. The van der Waals surface area contributed by atoms with Gasteiger partial charge in [-0.25, -0.2) is 4.57 Å². The Bertz CT molecular complexity index is 596. The molecule has 0 saturated carbocycles. The highest BCUT2D eigenvalue weighted by atomic mass is 16.2. The number of hydrogen-bond donors (Lipinski definition) is 0. The first kappa shape index (κ1) is 10.6. The fourth-order valence-corrected chi connectivity index (χ4v) is 1.67. The van der Waals surface area contributed by atoms with Gasteiger partial charge in [-0.1, -0.05) is 32.0 Å². The lowest BCUT2D eigenvalue weighted by Crippen LogP contribution is -2.29. The van der Waals surface area contributed by atoms with Crippen LogP contribution in [0, 0.1) is 5.92 Å². The summed E-state index contributed by atoms with van der Waals surface area (Å²) >= 11 is 0. The van der Waals surface area contributed by atoms with Crippen LogP contribution in [0.4, 0.5) is 0 Å². The second-order valence-corrected chi connectivity index (χ2v) is 4.06. The summed E-state index contributed by atoms with van der Waals surface area (Å²) < 4.78 is 1.25. The number of pyridine rings is 1. The van der Waals surface area contributed by atoms with Gasteiger partial charge in [0.15, 0.2) is 0 Å². The van der Waals surface area contributed by atoms with Crippen LogP contribution in [0.2, 0.25) is 0 Å². The van der Waals surface area contributed by atoms with Crippen molar-refractivity contribution in [3.05, 3.63) is 46.8 Å². The predicted molar refractivity (Wildman–Crippen MR) is 63.7 cm³/mol. The van der Waals surface area contributed by atoms with E-state index in [0.29, 0.717) is 5.52 Å². The molecule has 1 aromatic carbocycles. The predicted octanol–water partition coefficient (Wildman–Crippen LogP) is 2.30. The molecule has 1 heterocycles. The molecular formula is C13H13NO2. The molecule has 0 aliphatic rings. The smallest absolute Gasteiger partial charge is 0.257 e. The molecule has 2 aromatic rings. The van der Waals surface area contributed by atoms with Crippen LogP contribution in [0.5, 0.6) is 0 Å². The van der Waals surface area contributed by atoms with Crippen molar-refractivity contribution in [2.75, 3.05) is 0 Å². The van der Waals surface area contributed by atoms with Crippen molar-refractivity contribution < 1.29 is 4.79 Å². The molecule has 2 rings (SSSR count). The quantitative estimate of drug-likeness (QED) is 0.732.